The van der Waals surface area contributed by atoms with Crippen LogP contribution in [-0.4, -0.2) is 53.5 Å². The number of hydrogen-bond acceptors (Lipinski definition) is 7. The number of aryl methyl sites for hydroxylation is 1. The summed E-state index contributed by atoms with van der Waals surface area (Å²) in [5.41, 5.74) is 3.54. The number of pyridine rings is 1. The first-order chi connectivity index (χ1) is 20.4. The van der Waals surface area contributed by atoms with Crippen molar-refractivity contribution >= 4 is 34.1 Å². The average Bonchev–Trinajstić information content (AvgIpc) is 3.38. The number of fused-ring (bicyclic) bond motifs is 1. The Kier molecular flexibility index (Phi) is 7.93. The molecule has 9 nitrogen and oxygen atoms in total. The number of hydrazone groups is 2. The van der Waals surface area contributed by atoms with Gasteiger partial charge in [-0.25, -0.2) is 19.8 Å². The Morgan fingerprint density at radius 3 is 2.28 bits per heavy atom. The van der Waals surface area contributed by atoms with E-state index < -0.39 is 22.5 Å². The van der Waals surface area contributed by atoms with E-state index in [0.29, 0.717) is 30.8 Å². The summed E-state index contributed by atoms with van der Waals surface area (Å²) in [5.74, 6) is -2.36. The van der Waals surface area contributed by atoms with Gasteiger partial charge in [0, 0.05) is 28.8 Å². The topological polar surface area (TPSA) is 105 Å². The third-order valence-corrected chi connectivity index (χ3v) is 8.05. The van der Waals surface area contributed by atoms with Gasteiger partial charge in [-0.15, -0.1) is 0 Å². The van der Waals surface area contributed by atoms with E-state index in [1.807, 2.05) is 45.0 Å². The van der Waals surface area contributed by atoms with Crippen molar-refractivity contribution in [3.05, 3.63) is 64.9 Å². The molecule has 1 aromatic heterocycles. The molecular weight excluding hydrogens is 556 g/mol. The van der Waals surface area contributed by atoms with Gasteiger partial charge in [0.25, 0.3) is 11.8 Å². The molecule has 2 aliphatic rings. The van der Waals surface area contributed by atoms with E-state index in [2.05, 4.69) is 10.5 Å². The van der Waals surface area contributed by atoms with Crippen LogP contribution in [0.5, 0.6) is 11.5 Å². The Morgan fingerprint density at radius 2 is 1.60 bits per heavy atom. The number of carbonyl (C=O) groups excluding carboxylic acids is 2. The number of nitrogens with one attached hydrogen (secondary N) is 1. The number of unbranched alkanes of at least 4 members (excludes halogenated alkanes) is 1. The monoisotopic (exact) mass is 591 g/mol. The van der Waals surface area contributed by atoms with E-state index in [1.165, 1.54) is 17.1 Å². The van der Waals surface area contributed by atoms with Crippen LogP contribution in [0.1, 0.15) is 64.3 Å². The lowest BCUT2D eigenvalue weighted by Crippen LogP contribution is -2.35. The van der Waals surface area contributed by atoms with Gasteiger partial charge in [-0.3, -0.25) is 9.59 Å². The Labute approximate surface area is 249 Å². The summed E-state index contributed by atoms with van der Waals surface area (Å²) < 4.78 is 40.8. The van der Waals surface area contributed by atoms with Gasteiger partial charge in [0.1, 0.15) is 11.3 Å². The number of carbonyl (C=O) groups is 2. The Hall–Kier alpha value is -4.41. The molecule has 3 heterocycles. The van der Waals surface area contributed by atoms with Crippen LogP contribution < -0.4 is 14.9 Å². The zero-order valence-corrected chi connectivity index (χ0v) is 25.2. The maximum absolute atomic E-state index is 14.9. The third-order valence-electron chi connectivity index (χ3n) is 8.05. The second kappa shape index (κ2) is 11.3. The van der Waals surface area contributed by atoms with E-state index in [0.717, 1.165) is 28.6 Å². The highest BCUT2D eigenvalue weighted by molar-refractivity contribution is 6.23. The summed E-state index contributed by atoms with van der Waals surface area (Å²) >= 11 is 0. The van der Waals surface area contributed by atoms with Gasteiger partial charge in [-0.2, -0.15) is 14.6 Å². The molecule has 2 amide bonds. The number of halogens is 2. The van der Waals surface area contributed by atoms with Crippen LogP contribution in [0.4, 0.5) is 8.78 Å². The Bertz CT molecular complexity index is 1680. The van der Waals surface area contributed by atoms with Crippen molar-refractivity contribution in [2.75, 3.05) is 20.3 Å². The van der Waals surface area contributed by atoms with Crippen molar-refractivity contribution in [2.45, 2.75) is 53.9 Å². The fourth-order valence-electron chi connectivity index (χ4n) is 5.32. The molecular formula is C32H35F2N5O4. The van der Waals surface area contributed by atoms with Crippen LogP contribution in [0.2, 0.25) is 0 Å². The molecule has 0 bridgehead atoms. The van der Waals surface area contributed by atoms with Crippen molar-refractivity contribution in [3.8, 4) is 11.5 Å². The lowest BCUT2D eigenvalue weighted by Gasteiger charge is -2.20. The number of amides is 2. The summed E-state index contributed by atoms with van der Waals surface area (Å²) in [7, 11) is 1.61. The molecule has 0 unspecified atom stereocenters. The Balaban J connectivity index is 1.25. The first-order valence-corrected chi connectivity index (χ1v) is 14.3. The Morgan fingerprint density at radius 1 is 0.884 bits per heavy atom. The normalized spacial score (nSPS) is 17.3. The van der Waals surface area contributed by atoms with Crippen molar-refractivity contribution in [1.29, 1.82) is 0 Å². The van der Waals surface area contributed by atoms with Gasteiger partial charge in [-0.1, -0.05) is 13.0 Å². The summed E-state index contributed by atoms with van der Waals surface area (Å²) in [4.78, 5) is 30.1. The molecule has 43 heavy (non-hydrogen) atoms. The van der Waals surface area contributed by atoms with Gasteiger partial charge in [-0.05, 0) is 77.3 Å². The fourth-order valence-corrected chi connectivity index (χ4v) is 5.32. The molecule has 0 aliphatic carbocycles. The van der Waals surface area contributed by atoms with Gasteiger partial charge in [0.2, 0.25) is 5.82 Å². The first kappa shape index (κ1) is 30.1. The van der Waals surface area contributed by atoms with Gasteiger partial charge < -0.3 is 9.47 Å². The fraction of sp³-hybridized carbons (Fsp3) is 0.406. The third kappa shape index (κ3) is 5.21. The molecule has 226 valence electrons. The van der Waals surface area contributed by atoms with Crippen molar-refractivity contribution in [3.63, 3.8) is 0 Å². The molecule has 0 atom stereocenters. The smallest absolute Gasteiger partial charge is 0.254 e. The second-order valence-electron chi connectivity index (χ2n) is 11.7. The van der Waals surface area contributed by atoms with E-state index in [1.54, 1.807) is 21.0 Å². The van der Waals surface area contributed by atoms with Crippen LogP contribution >= 0.6 is 0 Å². The van der Waals surface area contributed by atoms with Crippen LogP contribution in [-0.2, 0) is 16.0 Å². The predicted molar refractivity (Wildman–Crippen MR) is 159 cm³/mol. The zero-order valence-electron chi connectivity index (χ0n) is 25.2. The molecule has 0 spiro atoms. The van der Waals surface area contributed by atoms with E-state index in [-0.39, 0.29) is 35.4 Å². The first-order valence-electron chi connectivity index (χ1n) is 14.3. The van der Waals surface area contributed by atoms with Crippen LogP contribution in [0, 0.1) is 22.5 Å². The minimum atomic E-state index is -1.15. The van der Waals surface area contributed by atoms with Gasteiger partial charge >= 0.3 is 0 Å². The maximum atomic E-state index is 14.9. The number of nitrogens with zero attached hydrogens (tertiary/aromatic N) is 4. The standard InChI is InChI=1S/C32H35F2N5O4/c1-7-18-10-11-19-20(12-15-23(42-6)26(19)35-18)28-32(4,5)30(41)39(38-28)16-8-9-17-43-22-14-13-21(24(33)25(22)34)27-31(2,3)29(40)37-36-27/h10-15H,7-9,16-17H2,1-6H3,(H,37,40). The molecule has 0 fully saturated rings. The minimum absolute atomic E-state index is 0.0942. The highest BCUT2D eigenvalue weighted by atomic mass is 19.2. The molecule has 0 saturated heterocycles. The molecule has 2 aliphatic heterocycles. The maximum Gasteiger partial charge on any atom is 0.254 e. The summed E-state index contributed by atoms with van der Waals surface area (Å²) in [5, 5.41) is 10.9. The molecule has 2 aromatic carbocycles. The minimum Gasteiger partial charge on any atom is -0.494 e. The lowest BCUT2D eigenvalue weighted by atomic mass is 9.82. The van der Waals surface area contributed by atoms with E-state index in [4.69, 9.17) is 19.6 Å². The molecule has 1 N–H and O–H groups in total. The van der Waals surface area contributed by atoms with Crippen molar-refractivity contribution < 1.29 is 27.8 Å². The van der Waals surface area contributed by atoms with Gasteiger partial charge in [0.15, 0.2) is 11.6 Å². The van der Waals surface area contributed by atoms with Crippen molar-refractivity contribution in [1.82, 2.24) is 15.4 Å². The number of benzene rings is 2. The zero-order chi connectivity index (χ0) is 31.1. The number of hydrogen-bond donors (Lipinski definition) is 1. The van der Waals surface area contributed by atoms with Crippen LogP contribution in [0.3, 0.4) is 0 Å². The summed E-state index contributed by atoms with van der Waals surface area (Å²) in [6, 6.07) is 10.4. The number of aromatic nitrogens is 1. The van der Waals surface area contributed by atoms with Crippen LogP contribution in [0.15, 0.2) is 46.6 Å². The number of methoxy groups -OCH3 is 1. The molecule has 0 saturated carbocycles. The molecule has 11 heteroatoms. The van der Waals surface area contributed by atoms with Crippen LogP contribution in [0.25, 0.3) is 10.9 Å². The molecule has 0 radical (unpaired) electrons. The van der Waals surface area contributed by atoms with Crippen molar-refractivity contribution in [2.24, 2.45) is 21.0 Å². The predicted octanol–water partition coefficient (Wildman–Crippen LogP) is 5.38. The summed E-state index contributed by atoms with van der Waals surface area (Å²) in [6.45, 7) is 9.38. The molecule has 5 rings (SSSR count). The van der Waals surface area contributed by atoms with E-state index in [9.17, 15) is 18.4 Å². The SMILES string of the molecule is CCc1ccc2c(C3=NN(CCCCOc4ccc(C5=NNC(=O)C5(C)C)c(F)c4F)C(=O)C3(C)C)ccc(OC)c2n1. The summed E-state index contributed by atoms with van der Waals surface area (Å²) in [6.07, 6.45) is 1.79. The highest BCUT2D eigenvalue weighted by Crippen LogP contribution is 2.37. The second-order valence-corrected chi connectivity index (χ2v) is 11.7. The number of ether oxygens (including phenoxy) is 2. The average molecular weight is 592 g/mol. The van der Waals surface area contributed by atoms with Gasteiger partial charge in [0.05, 0.1) is 36.0 Å². The van der Waals surface area contributed by atoms with E-state index >= 15 is 0 Å². The highest BCUT2D eigenvalue weighted by Gasteiger charge is 2.44. The number of rotatable bonds is 10. The lowest BCUT2D eigenvalue weighted by molar-refractivity contribution is -0.135. The molecule has 3 aromatic rings. The largest absolute Gasteiger partial charge is 0.494 e. The quantitative estimate of drug-likeness (QED) is 0.319.